The summed E-state index contributed by atoms with van der Waals surface area (Å²) in [6, 6.07) is 5.92. The van der Waals surface area contributed by atoms with Crippen LogP contribution < -0.4 is 4.74 Å². The summed E-state index contributed by atoms with van der Waals surface area (Å²) >= 11 is -0.342. The van der Waals surface area contributed by atoms with Crippen molar-refractivity contribution in [2.75, 3.05) is 0 Å². The minimum atomic E-state index is -4.75. The number of fused-ring (bicyclic) bond motifs is 1. The van der Waals surface area contributed by atoms with Crippen LogP contribution in [0.5, 0.6) is 5.75 Å². The Hall–Kier alpha value is -2.89. The summed E-state index contributed by atoms with van der Waals surface area (Å²) in [7, 11) is 0. The molecule has 0 saturated carbocycles. The van der Waals surface area contributed by atoms with Crippen LogP contribution in [0, 0.1) is 0 Å². The van der Waals surface area contributed by atoms with Crippen molar-refractivity contribution in [2.45, 2.75) is 62.2 Å². The SMILES string of the molecule is CCCc1cc2c(C(F)(F)F)noc2c(CCC)c1OC(C(=O)O)c1ccc(SC(F)(F)F)cc1. The van der Waals surface area contributed by atoms with Gasteiger partial charge in [0.25, 0.3) is 0 Å². The van der Waals surface area contributed by atoms with Crippen molar-refractivity contribution in [3.63, 3.8) is 0 Å². The van der Waals surface area contributed by atoms with Crippen molar-refractivity contribution >= 4 is 28.7 Å². The summed E-state index contributed by atoms with van der Waals surface area (Å²) in [5.74, 6) is -1.34. The molecular weight excluding hydrogens is 500 g/mol. The number of rotatable bonds is 9. The zero-order valence-corrected chi connectivity index (χ0v) is 19.4. The molecule has 1 aromatic heterocycles. The lowest BCUT2D eigenvalue weighted by molar-refractivity contribution is -0.145. The molecule has 1 N–H and O–H groups in total. The molecule has 12 heteroatoms. The van der Waals surface area contributed by atoms with Gasteiger partial charge in [0.05, 0.1) is 5.39 Å². The number of nitrogens with zero attached hydrogens (tertiary/aromatic N) is 1. The van der Waals surface area contributed by atoms with Gasteiger partial charge in [-0.1, -0.05) is 44.0 Å². The third-order valence-corrected chi connectivity index (χ3v) is 5.79. The van der Waals surface area contributed by atoms with Crippen LogP contribution in [-0.2, 0) is 23.8 Å². The van der Waals surface area contributed by atoms with Crippen LogP contribution in [0.15, 0.2) is 39.8 Å². The number of hydrogen-bond donors (Lipinski definition) is 1. The minimum Gasteiger partial charge on any atom is -0.478 e. The highest BCUT2D eigenvalue weighted by molar-refractivity contribution is 8.00. The van der Waals surface area contributed by atoms with E-state index in [9.17, 15) is 36.2 Å². The number of hydrogen-bond acceptors (Lipinski definition) is 5. The Labute approximate surface area is 200 Å². The number of thioether (sulfide) groups is 1. The number of carbonyl (C=O) groups is 1. The number of aliphatic carboxylic acids is 1. The lowest BCUT2D eigenvalue weighted by atomic mass is 9.97. The molecule has 3 rings (SSSR count). The molecule has 2 aromatic carbocycles. The van der Waals surface area contributed by atoms with Gasteiger partial charge in [0.15, 0.2) is 11.3 Å². The van der Waals surface area contributed by atoms with Gasteiger partial charge in [-0.2, -0.15) is 26.3 Å². The van der Waals surface area contributed by atoms with E-state index in [0.29, 0.717) is 18.4 Å². The quantitative estimate of drug-likeness (QED) is 0.231. The summed E-state index contributed by atoms with van der Waals surface area (Å²) in [4.78, 5) is 11.9. The van der Waals surface area contributed by atoms with E-state index in [4.69, 9.17) is 9.26 Å². The third-order valence-electron chi connectivity index (χ3n) is 5.05. The van der Waals surface area contributed by atoms with Gasteiger partial charge in [-0.05, 0) is 48.4 Å². The molecule has 3 aromatic rings. The van der Waals surface area contributed by atoms with Crippen molar-refractivity contribution < 1.29 is 45.5 Å². The second-order valence-electron chi connectivity index (χ2n) is 7.70. The molecule has 190 valence electrons. The van der Waals surface area contributed by atoms with Gasteiger partial charge >= 0.3 is 17.7 Å². The Morgan fingerprint density at radius 3 is 2.23 bits per heavy atom. The summed E-state index contributed by atoms with van der Waals surface area (Å²) < 4.78 is 89.1. The highest BCUT2D eigenvalue weighted by Gasteiger charge is 2.38. The van der Waals surface area contributed by atoms with Crippen LogP contribution in [-0.4, -0.2) is 21.7 Å². The molecule has 0 aliphatic carbocycles. The third kappa shape index (κ3) is 6.22. The molecule has 1 unspecified atom stereocenters. The normalized spacial score (nSPS) is 13.3. The van der Waals surface area contributed by atoms with Crippen molar-refractivity contribution in [3.05, 3.63) is 52.7 Å². The van der Waals surface area contributed by atoms with Crippen LogP contribution in [0.4, 0.5) is 26.3 Å². The number of alkyl halides is 6. The lowest BCUT2D eigenvalue weighted by Gasteiger charge is -2.21. The van der Waals surface area contributed by atoms with Crippen molar-refractivity contribution in [1.29, 1.82) is 0 Å². The summed E-state index contributed by atoms with van der Waals surface area (Å²) in [6.07, 6.45) is -4.83. The summed E-state index contributed by atoms with van der Waals surface area (Å²) in [5.41, 5.74) is -5.14. The van der Waals surface area contributed by atoms with Gasteiger partial charge in [-0.15, -0.1) is 0 Å². The number of benzene rings is 2. The predicted molar refractivity (Wildman–Crippen MR) is 116 cm³/mol. The van der Waals surface area contributed by atoms with Crippen LogP contribution in [0.2, 0.25) is 0 Å². The van der Waals surface area contributed by atoms with Crippen molar-refractivity contribution in [2.24, 2.45) is 0 Å². The number of ether oxygens (including phenoxy) is 1. The van der Waals surface area contributed by atoms with Crippen LogP contribution in [0.3, 0.4) is 0 Å². The zero-order chi connectivity index (χ0) is 26.0. The highest BCUT2D eigenvalue weighted by atomic mass is 32.2. The predicted octanol–water partition coefficient (Wildman–Crippen LogP) is 7.57. The topological polar surface area (TPSA) is 72.6 Å². The van der Waals surface area contributed by atoms with E-state index in [1.807, 2.05) is 0 Å². The second kappa shape index (κ2) is 10.4. The maximum atomic E-state index is 13.5. The number of carboxylic acids is 1. The van der Waals surface area contributed by atoms with Gasteiger partial charge in [0.2, 0.25) is 6.10 Å². The smallest absolute Gasteiger partial charge is 0.446 e. The van der Waals surface area contributed by atoms with E-state index in [0.717, 1.165) is 12.1 Å². The van der Waals surface area contributed by atoms with Gasteiger partial charge in [-0.25, -0.2) is 4.79 Å². The van der Waals surface area contributed by atoms with E-state index in [-0.39, 0.29) is 57.3 Å². The van der Waals surface area contributed by atoms with Gasteiger partial charge in [0.1, 0.15) is 5.75 Å². The second-order valence-corrected chi connectivity index (χ2v) is 8.84. The molecule has 0 amide bonds. The van der Waals surface area contributed by atoms with E-state index in [2.05, 4.69) is 5.16 Å². The molecule has 0 aliphatic rings. The largest absolute Gasteiger partial charge is 0.478 e. The van der Waals surface area contributed by atoms with Gasteiger partial charge < -0.3 is 14.4 Å². The molecule has 35 heavy (non-hydrogen) atoms. The number of carboxylic acid groups (broad SMARTS) is 1. The molecule has 5 nitrogen and oxygen atoms in total. The fourth-order valence-electron chi connectivity index (χ4n) is 3.69. The Balaban J connectivity index is 2.11. The molecule has 0 fully saturated rings. The maximum absolute atomic E-state index is 13.5. The van der Waals surface area contributed by atoms with Crippen molar-refractivity contribution in [1.82, 2.24) is 5.16 Å². The molecule has 1 atom stereocenters. The molecule has 0 radical (unpaired) electrons. The first-order valence-electron chi connectivity index (χ1n) is 10.6. The number of aryl methyl sites for hydroxylation is 2. The van der Waals surface area contributed by atoms with Crippen molar-refractivity contribution in [3.8, 4) is 5.75 Å². The highest BCUT2D eigenvalue weighted by Crippen LogP contribution is 2.42. The Morgan fingerprint density at radius 2 is 1.71 bits per heavy atom. The average Bonchev–Trinajstić information content (AvgIpc) is 3.17. The first-order chi connectivity index (χ1) is 16.4. The molecule has 0 aliphatic heterocycles. The summed E-state index contributed by atoms with van der Waals surface area (Å²) in [5, 5.41) is 12.8. The Bertz CT molecular complexity index is 1190. The Morgan fingerprint density at radius 1 is 1.09 bits per heavy atom. The molecule has 0 spiro atoms. The van der Waals surface area contributed by atoms with Gasteiger partial charge in [0, 0.05) is 16.0 Å². The molecule has 0 bridgehead atoms. The number of aromatic nitrogens is 1. The summed E-state index contributed by atoms with van der Waals surface area (Å²) in [6.45, 7) is 3.59. The monoisotopic (exact) mass is 521 g/mol. The van der Waals surface area contributed by atoms with Crippen LogP contribution in [0.25, 0.3) is 11.0 Å². The lowest BCUT2D eigenvalue weighted by Crippen LogP contribution is -2.20. The minimum absolute atomic E-state index is 0.0718. The molecule has 1 heterocycles. The maximum Gasteiger partial charge on any atom is 0.446 e. The van der Waals surface area contributed by atoms with E-state index >= 15 is 0 Å². The molecule has 0 saturated heterocycles. The number of halogens is 6. The first-order valence-corrected chi connectivity index (χ1v) is 11.4. The van der Waals surface area contributed by atoms with Gasteiger partial charge in [-0.3, -0.25) is 0 Å². The van der Waals surface area contributed by atoms with E-state index in [1.54, 1.807) is 13.8 Å². The fraction of sp³-hybridized carbons (Fsp3) is 0.391. The Kier molecular flexibility index (Phi) is 7.93. The van der Waals surface area contributed by atoms with E-state index in [1.165, 1.54) is 18.2 Å². The standard InChI is InChI=1S/C23H21F6NO4S/c1-3-5-13-11-16-19(34-30-20(16)22(24,25)26)15(6-4-2)17(13)33-18(21(31)32)12-7-9-14(10-8-12)35-23(27,28)29/h7-11,18H,3-6H2,1-2H3,(H,31,32). The first kappa shape index (κ1) is 26.7. The van der Waals surface area contributed by atoms with Crippen LogP contribution >= 0.6 is 11.8 Å². The zero-order valence-electron chi connectivity index (χ0n) is 18.6. The van der Waals surface area contributed by atoms with Crippen LogP contribution in [0.1, 0.15) is 55.2 Å². The fourth-order valence-corrected chi connectivity index (χ4v) is 4.23. The van der Waals surface area contributed by atoms with E-state index < -0.39 is 29.5 Å². The molecular formula is C23H21F6NO4S. The average molecular weight is 521 g/mol.